The zero-order valence-electron chi connectivity index (χ0n) is 18.0. The normalized spacial score (nSPS) is 13.2. The maximum Gasteiger partial charge on any atom is 0.416 e. The summed E-state index contributed by atoms with van der Waals surface area (Å²) in [4.78, 5) is 2.34. The van der Waals surface area contributed by atoms with Crippen molar-refractivity contribution in [3.8, 4) is 0 Å². The average molecular weight is 433 g/mol. The Balaban J connectivity index is 1.76. The number of benzene rings is 2. The van der Waals surface area contributed by atoms with Crippen molar-refractivity contribution < 1.29 is 17.6 Å². The summed E-state index contributed by atoms with van der Waals surface area (Å²) in [5.41, 5.74) is 2.29. The molecule has 0 aliphatic heterocycles. The summed E-state index contributed by atoms with van der Waals surface area (Å²) in [5.74, 6) is 0.177. The lowest BCUT2D eigenvalue weighted by molar-refractivity contribution is -0.137. The van der Waals surface area contributed by atoms with E-state index >= 15 is 0 Å². The highest BCUT2D eigenvalue weighted by molar-refractivity contribution is 5.25. The summed E-state index contributed by atoms with van der Waals surface area (Å²) in [6.07, 6.45) is -2.38. The van der Waals surface area contributed by atoms with Gasteiger partial charge in [-0.3, -0.25) is 4.90 Å². The lowest BCUT2D eigenvalue weighted by Crippen LogP contribution is -2.36. The first-order chi connectivity index (χ1) is 14.6. The predicted molar refractivity (Wildman–Crippen MR) is 115 cm³/mol. The van der Waals surface area contributed by atoms with E-state index in [1.54, 1.807) is 12.1 Å². The molecular weight excluding hydrogens is 404 g/mol. The van der Waals surface area contributed by atoms with Gasteiger partial charge in [0.05, 0.1) is 5.56 Å². The molecule has 0 saturated heterocycles. The van der Waals surface area contributed by atoms with Crippen LogP contribution in [0.25, 0.3) is 0 Å². The highest BCUT2D eigenvalue weighted by Crippen LogP contribution is 2.29. The van der Waals surface area contributed by atoms with Crippen LogP contribution in [0.5, 0.6) is 0 Å². The van der Waals surface area contributed by atoms with Crippen molar-refractivity contribution in [2.45, 2.75) is 52.6 Å². The topological polar surface area (TPSA) is 8.17 Å². The fourth-order valence-corrected chi connectivity index (χ4v) is 3.54. The molecule has 0 bridgehead atoms. The molecule has 1 aromatic heterocycles. The number of hydrogen-bond donors (Lipinski definition) is 0. The second-order valence-electron chi connectivity index (χ2n) is 8.34. The molecule has 0 spiro atoms. The molecule has 0 radical (unpaired) electrons. The summed E-state index contributed by atoms with van der Waals surface area (Å²) in [6, 6.07) is 16.1. The highest BCUT2D eigenvalue weighted by atomic mass is 19.4. The number of alkyl halides is 3. The van der Waals surface area contributed by atoms with E-state index < -0.39 is 11.7 Å². The maximum absolute atomic E-state index is 13.3. The van der Waals surface area contributed by atoms with E-state index in [2.05, 4.69) is 30.2 Å². The van der Waals surface area contributed by atoms with Crippen LogP contribution >= 0.6 is 0 Å². The number of nitrogens with zero attached hydrogens (tertiary/aromatic N) is 2. The van der Waals surface area contributed by atoms with E-state index in [9.17, 15) is 17.6 Å². The molecule has 0 fully saturated rings. The van der Waals surface area contributed by atoms with E-state index in [0.29, 0.717) is 31.6 Å². The van der Waals surface area contributed by atoms with Crippen LogP contribution in [0.2, 0.25) is 0 Å². The zero-order valence-corrected chi connectivity index (χ0v) is 18.0. The van der Waals surface area contributed by atoms with Gasteiger partial charge in [0, 0.05) is 37.6 Å². The van der Waals surface area contributed by atoms with Crippen LogP contribution in [0.1, 0.15) is 43.2 Å². The van der Waals surface area contributed by atoms with Gasteiger partial charge in [0.1, 0.15) is 5.82 Å². The lowest BCUT2D eigenvalue weighted by Gasteiger charge is -2.32. The largest absolute Gasteiger partial charge is 0.416 e. The van der Waals surface area contributed by atoms with Gasteiger partial charge in [0.2, 0.25) is 0 Å². The maximum atomic E-state index is 13.3. The molecule has 6 heteroatoms. The Labute approximate surface area is 181 Å². The molecule has 2 nitrogen and oxygen atoms in total. The van der Waals surface area contributed by atoms with Crippen LogP contribution in [0.3, 0.4) is 0 Å². The van der Waals surface area contributed by atoms with Gasteiger partial charge in [-0.2, -0.15) is 13.2 Å². The van der Waals surface area contributed by atoms with Gasteiger partial charge in [-0.1, -0.05) is 38.1 Å². The Hall–Kier alpha value is -2.60. The molecule has 1 heterocycles. The molecule has 2 aromatic carbocycles. The molecule has 0 aliphatic rings. The van der Waals surface area contributed by atoms with Crippen molar-refractivity contribution in [2.75, 3.05) is 0 Å². The molecule has 1 atom stereocenters. The number of rotatable bonds is 8. The summed E-state index contributed by atoms with van der Waals surface area (Å²) >= 11 is 0. The zero-order chi connectivity index (χ0) is 22.6. The first-order valence-corrected chi connectivity index (χ1v) is 10.4. The summed E-state index contributed by atoms with van der Waals surface area (Å²) < 4.78 is 53.8. The van der Waals surface area contributed by atoms with E-state index in [1.165, 1.54) is 24.3 Å². The van der Waals surface area contributed by atoms with Crippen molar-refractivity contribution in [1.82, 2.24) is 9.47 Å². The Morgan fingerprint density at radius 2 is 1.45 bits per heavy atom. The van der Waals surface area contributed by atoms with E-state index in [0.717, 1.165) is 29.0 Å². The minimum Gasteiger partial charge on any atom is -0.346 e. The third-order valence-electron chi connectivity index (χ3n) is 5.76. The molecule has 1 unspecified atom stereocenters. The summed E-state index contributed by atoms with van der Waals surface area (Å²) in [6.45, 7) is 8.39. The Kier molecular flexibility index (Phi) is 7.21. The van der Waals surface area contributed by atoms with Crippen LogP contribution in [0, 0.1) is 11.7 Å². The molecule has 3 aromatic rings. The quantitative estimate of drug-likeness (QED) is 0.358. The first kappa shape index (κ1) is 23.1. The van der Waals surface area contributed by atoms with Crippen molar-refractivity contribution in [1.29, 1.82) is 0 Å². The van der Waals surface area contributed by atoms with Gasteiger partial charge >= 0.3 is 6.18 Å². The monoisotopic (exact) mass is 432 g/mol. The van der Waals surface area contributed by atoms with Gasteiger partial charge in [-0.05, 0) is 60.4 Å². The van der Waals surface area contributed by atoms with Crippen LogP contribution in [0.4, 0.5) is 17.6 Å². The lowest BCUT2D eigenvalue weighted by atomic mass is 10.0. The molecule has 31 heavy (non-hydrogen) atoms. The summed E-state index contributed by atoms with van der Waals surface area (Å²) in [5, 5.41) is 0. The molecule has 166 valence electrons. The highest BCUT2D eigenvalue weighted by Gasteiger charge is 2.30. The number of halogens is 4. The second-order valence-corrected chi connectivity index (χ2v) is 8.34. The number of hydrogen-bond acceptors (Lipinski definition) is 1. The van der Waals surface area contributed by atoms with Crippen molar-refractivity contribution in [3.63, 3.8) is 0 Å². The number of aromatic nitrogens is 1. The molecular formula is C25H28F4N2. The van der Waals surface area contributed by atoms with Crippen molar-refractivity contribution in [3.05, 3.63) is 95.1 Å². The van der Waals surface area contributed by atoms with Gasteiger partial charge in [-0.25, -0.2) is 4.39 Å². The third-order valence-corrected chi connectivity index (χ3v) is 5.76. The van der Waals surface area contributed by atoms with Gasteiger partial charge in [0.25, 0.3) is 0 Å². The third kappa shape index (κ3) is 6.20. The average Bonchev–Trinajstić information content (AvgIpc) is 3.14. The Bertz CT molecular complexity index is 956. The fraction of sp³-hybridized carbons (Fsp3) is 0.360. The van der Waals surface area contributed by atoms with Gasteiger partial charge in [-0.15, -0.1) is 0 Å². The Morgan fingerprint density at radius 3 is 2.03 bits per heavy atom. The molecule has 0 saturated carbocycles. The van der Waals surface area contributed by atoms with Crippen LogP contribution in [-0.4, -0.2) is 15.5 Å². The molecule has 0 aliphatic carbocycles. The predicted octanol–water partition coefficient (Wildman–Crippen LogP) is 6.74. The van der Waals surface area contributed by atoms with E-state index in [4.69, 9.17) is 0 Å². The first-order valence-electron chi connectivity index (χ1n) is 10.4. The van der Waals surface area contributed by atoms with Gasteiger partial charge in [0.15, 0.2) is 0 Å². The minimum absolute atomic E-state index is 0.252. The van der Waals surface area contributed by atoms with Crippen LogP contribution in [-0.2, 0) is 25.8 Å². The van der Waals surface area contributed by atoms with Crippen molar-refractivity contribution in [2.24, 2.45) is 5.92 Å². The smallest absolute Gasteiger partial charge is 0.346 e. The SMILES string of the molecule is CC(C)C(C)N(Cc1ccc(F)cc1)Cc1cccn1Cc1ccc(C(F)(F)F)cc1. The fourth-order valence-electron chi connectivity index (χ4n) is 3.54. The summed E-state index contributed by atoms with van der Waals surface area (Å²) in [7, 11) is 0. The molecule has 0 N–H and O–H groups in total. The molecule has 0 amide bonds. The van der Waals surface area contributed by atoms with E-state index in [1.807, 2.05) is 18.3 Å². The van der Waals surface area contributed by atoms with Crippen LogP contribution in [0.15, 0.2) is 66.9 Å². The van der Waals surface area contributed by atoms with Crippen molar-refractivity contribution >= 4 is 0 Å². The molecule has 3 rings (SSSR count). The standard InChI is InChI=1S/C25H28F4N2/c1-18(2)19(3)31(16-21-8-12-23(26)13-9-21)17-24-5-4-14-30(24)15-20-6-10-22(11-7-20)25(27,28)29/h4-14,18-19H,15-17H2,1-3H3. The Morgan fingerprint density at radius 1 is 0.839 bits per heavy atom. The van der Waals surface area contributed by atoms with Gasteiger partial charge < -0.3 is 4.57 Å². The van der Waals surface area contributed by atoms with E-state index in [-0.39, 0.29) is 5.82 Å². The minimum atomic E-state index is -4.33. The van der Waals surface area contributed by atoms with Crippen LogP contribution < -0.4 is 0 Å². The second kappa shape index (κ2) is 9.69.